The molecule has 0 radical (unpaired) electrons. The highest BCUT2D eigenvalue weighted by Crippen LogP contribution is 2.29. The Morgan fingerprint density at radius 3 is 2.70 bits per heavy atom. The number of amides is 1. The number of hydrogen-bond donors (Lipinski definition) is 2. The van der Waals surface area contributed by atoms with Gasteiger partial charge in [-0.3, -0.25) is 9.48 Å². The molecule has 1 unspecified atom stereocenters. The monoisotopic (exact) mass is 344 g/mol. The molecule has 0 aliphatic carbocycles. The molecule has 0 spiro atoms. The number of rotatable bonds is 6. The van der Waals surface area contributed by atoms with Gasteiger partial charge in [-0.2, -0.15) is 13.9 Å². The van der Waals surface area contributed by atoms with E-state index in [1.165, 1.54) is 18.2 Å². The zero-order valence-electron chi connectivity index (χ0n) is 12.4. The molecule has 1 amide bonds. The summed E-state index contributed by atoms with van der Waals surface area (Å²) in [5.74, 6) is -0.490. The molecule has 1 aromatic carbocycles. The Balaban J connectivity index is 2.11. The first kappa shape index (κ1) is 17.2. The summed E-state index contributed by atoms with van der Waals surface area (Å²) < 4.78 is 30.2. The Bertz CT molecular complexity index is 693. The third-order valence-corrected chi connectivity index (χ3v) is 3.32. The van der Waals surface area contributed by atoms with Crippen LogP contribution in [0.15, 0.2) is 30.6 Å². The van der Waals surface area contributed by atoms with Crippen LogP contribution in [0.25, 0.3) is 0 Å². The van der Waals surface area contributed by atoms with Crippen molar-refractivity contribution >= 4 is 23.2 Å². The van der Waals surface area contributed by atoms with Crippen LogP contribution in [0.3, 0.4) is 0 Å². The van der Waals surface area contributed by atoms with Gasteiger partial charge in [0.25, 0.3) is 0 Å². The van der Waals surface area contributed by atoms with Crippen molar-refractivity contribution in [1.82, 2.24) is 15.1 Å². The van der Waals surface area contributed by atoms with Crippen molar-refractivity contribution in [3.8, 4) is 5.75 Å². The van der Waals surface area contributed by atoms with Gasteiger partial charge in [-0.05, 0) is 25.2 Å². The number of carbonyl (C=O) groups excluding carboxylic acids is 1. The summed E-state index contributed by atoms with van der Waals surface area (Å²) in [6, 6.07) is 3.42. The van der Waals surface area contributed by atoms with Crippen LogP contribution in [0.5, 0.6) is 5.75 Å². The smallest absolute Gasteiger partial charge is 0.387 e. The molecule has 0 aliphatic rings. The number of ether oxygens (including phenoxy) is 1. The number of aromatic nitrogens is 2. The number of alkyl halides is 2. The van der Waals surface area contributed by atoms with Crippen molar-refractivity contribution in [2.45, 2.75) is 12.7 Å². The quantitative estimate of drug-likeness (QED) is 0.845. The highest BCUT2D eigenvalue weighted by molar-refractivity contribution is 6.32. The molecule has 23 heavy (non-hydrogen) atoms. The summed E-state index contributed by atoms with van der Waals surface area (Å²) in [6.07, 6.45) is 3.29. The predicted octanol–water partition coefficient (Wildman–Crippen LogP) is 2.57. The van der Waals surface area contributed by atoms with Crippen molar-refractivity contribution in [2.24, 2.45) is 7.05 Å². The maximum atomic E-state index is 12.3. The third-order valence-electron chi connectivity index (χ3n) is 3.02. The normalized spacial score (nSPS) is 12.3. The SMILES string of the molecule is CNC(C(=O)Nc1ccc(OC(F)F)c(Cl)c1)c1cnn(C)c1. The van der Waals surface area contributed by atoms with Crippen molar-refractivity contribution in [3.05, 3.63) is 41.2 Å². The molecule has 2 rings (SSSR count). The molecule has 1 atom stereocenters. The standard InChI is InChI=1S/C14H15ClF2N4O2/c1-18-12(8-6-19-21(2)7-8)13(22)20-9-3-4-11(10(15)5-9)23-14(16)17/h3-7,12,14,18H,1-2H3,(H,20,22). The first-order valence-corrected chi connectivity index (χ1v) is 6.99. The Kier molecular flexibility index (Phi) is 5.51. The number of nitrogens with one attached hydrogen (secondary N) is 2. The highest BCUT2D eigenvalue weighted by Gasteiger charge is 2.20. The van der Waals surface area contributed by atoms with E-state index in [4.69, 9.17) is 11.6 Å². The van der Waals surface area contributed by atoms with Gasteiger partial charge in [-0.15, -0.1) is 0 Å². The summed E-state index contributed by atoms with van der Waals surface area (Å²) in [7, 11) is 3.39. The zero-order valence-corrected chi connectivity index (χ0v) is 13.1. The van der Waals surface area contributed by atoms with E-state index in [1.807, 2.05) is 0 Å². The molecule has 1 aromatic heterocycles. The molecular formula is C14H15ClF2N4O2. The first-order chi connectivity index (χ1) is 10.9. The zero-order chi connectivity index (χ0) is 17.0. The molecule has 2 aromatic rings. The Labute approximate surface area is 136 Å². The maximum absolute atomic E-state index is 12.3. The second-order valence-corrected chi connectivity index (χ2v) is 5.09. The summed E-state index contributed by atoms with van der Waals surface area (Å²) in [5, 5.41) is 9.53. The Hall–Kier alpha value is -2.19. The van der Waals surface area contributed by atoms with Gasteiger partial charge in [0.2, 0.25) is 5.91 Å². The van der Waals surface area contributed by atoms with E-state index in [0.29, 0.717) is 11.3 Å². The average Bonchev–Trinajstić information content (AvgIpc) is 2.88. The van der Waals surface area contributed by atoms with Gasteiger partial charge in [0, 0.05) is 24.5 Å². The molecular weight excluding hydrogens is 330 g/mol. The van der Waals surface area contributed by atoms with Gasteiger partial charge < -0.3 is 15.4 Å². The molecule has 9 heteroatoms. The van der Waals surface area contributed by atoms with Crippen LogP contribution in [0.2, 0.25) is 5.02 Å². The van der Waals surface area contributed by atoms with Crippen LogP contribution in [0, 0.1) is 0 Å². The lowest BCUT2D eigenvalue weighted by atomic mass is 10.1. The second kappa shape index (κ2) is 7.38. The summed E-state index contributed by atoms with van der Waals surface area (Å²) >= 11 is 5.85. The molecule has 0 aliphatic heterocycles. The number of benzene rings is 1. The number of hydrogen-bond acceptors (Lipinski definition) is 4. The van der Waals surface area contributed by atoms with Gasteiger partial charge in [-0.25, -0.2) is 0 Å². The van der Waals surface area contributed by atoms with Crippen LogP contribution < -0.4 is 15.4 Å². The second-order valence-electron chi connectivity index (χ2n) is 4.68. The van der Waals surface area contributed by atoms with E-state index in [0.717, 1.165) is 0 Å². The van der Waals surface area contributed by atoms with Crippen molar-refractivity contribution < 1.29 is 18.3 Å². The minimum Gasteiger partial charge on any atom is -0.433 e. The highest BCUT2D eigenvalue weighted by atomic mass is 35.5. The number of nitrogens with zero attached hydrogens (tertiary/aromatic N) is 2. The fourth-order valence-electron chi connectivity index (χ4n) is 2.02. The van der Waals surface area contributed by atoms with Crippen LogP contribution in [-0.2, 0) is 11.8 Å². The van der Waals surface area contributed by atoms with E-state index < -0.39 is 12.7 Å². The van der Waals surface area contributed by atoms with E-state index in [-0.39, 0.29) is 16.7 Å². The van der Waals surface area contributed by atoms with Crippen molar-refractivity contribution in [1.29, 1.82) is 0 Å². The topological polar surface area (TPSA) is 68.2 Å². The third kappa shape index (κ3) is 4.40. The lowest BCUT2D eigenvalue weighted by Gasteiger charge is -2.15. The predicted molar refractivity (Wildman–Crippen MR) is 81.7 cm³/mol. The largest absolute Gasteiger partial charge is 0.433 e. The van der Waals surface area contributed by atoms with E-state index >= 15 is 0 Å². The van der Waals surface area contributed by atoms with Crippen molar-refractivity contribution in [2.75, 3.05) is 12.4 Å². The van der Waals surface area contributed by atoms with Gasteiger partial charge >= 0.3 is 6.61 Å². The Morgan fingerprint density at radius 1 is 1.43 bits per heavy atom. The number of likely N-dealkylation sites (N-methyl/N-ethyl adjacent to an activating group) is 1. The summed E-state index contributed by atoms with van der Waals surface area (Å²) in [5.41, 5.74) is 1.06. The number of carbonyl (C=O) groups is 1. The number of anilines is 1. The molecule has 2 N–H and O–H groups in total. The molecule has 124 valence electrons. The van der Waals surface area contributed by atoms with Crippen LogP contribution in [0.4, 0.5) is 14.5 Å². The molecule has 0 fully saturated rings. The fourth-order valence-corrected chi connectivity index (χ4v) is 2.25. The minimum absolute atomic E-state index is 0.0227. The van der Waals surface area contributed by atoms with Crippen LogP contribution >= 0.6 is 11.6 Å². The van der Waals surface area contributed by atoms with Gasteiger partial charge in [0.1, 0.15) is 11.8 Å². The average molecular weight is 345 g/mol. The molecule has 0 bridgehead atoms. The maximum Gasteiger partial charge on any atom is 0.387 e. The summed E-state index contributed by atoms with van der Waals surface area (Å²) in [4.78, 5) is 12.3. The van der Waals surface area contributed by atoms with Gasteiger partial charge in [0.15, 0.2) is 0 Å². The van der Waals surface area contributed by atoms with Crippen LogP contribution in [-0.4, -0.2) is 29.3 Å². The Morgan fingerprint density at radius 2 is 2.17 bits per heavy atom. The van der Waals surface area contributed by atoms with Gasteiger partial charge in [-0.1, -0.05) is 11.6 Å². The molecule has 1 heterocycles. The first-order valence-electron chi connectivity index (χ1n) is 6.61. The lowest BCUT2D eigenvalue weighted by molar-refractivity contribution is -0.118. The number of halogens is 3. The van der Waals surface area contributed by atoms with E-state index in [9.17, 15) is 13.6 Å². The molecule has 6 nitrogen and oxygen atoms in total. The fraction of sp³-hybridized carbons (Fsp3) is 0.286. The lowest BCUT2D eigenvalue weighted by Crippen LogP contribution is -2.30. The van der Waals surface area contributed by atoms with E-state index in [1.54, 1.807) is 31.2 Å². The van der Waals surface area contributed by atoms with Crippen molar-refractivity contribution in [3.63, 3.8) is 0 Å². The summed E-state index contributed by atoms with van der Waals surface area (Å²) in [6.45, 7) is -2.97. The molecule has 0 saturated heterocycles. The molecule has 0 saturated carbocycles. The van der Waals surface area contributed by atoms with Gasteiger partial charge in [0.05, 0.1) is 11.2 Å². The minimum atomic E-state index is -2.97. The number of aryl methyl sites for hydroxylation is 1. The van der Waals surface area contributed by atoms with Crippen LogP contribution in [0.1, 0.15) is 11.6 Å². The van der Waals surface area contributed by atoms with E-state index in [2.05, 4.69) is 20.5 Å².